The predicted octanol–water partition coefficient (Wildman–Crippen LogP) is 6.06. The Morgan fingerprint density at radius 3 is 1.32 bits per heavy atom. The van der Waals surface area contributed by atoms with E-state index in [0.29, 0.717) is 10.3 Å². The Morgan fingerprint density at radius 2 is 1.16 bits per heavy atom. The summed E-state index contributed by atoms with van der Waals surface area (Å²) >= 11 is 0. The van der Waals surface area contributed by atoms with Gasteiger partial charge in [-0.05, 0) is 61.5 Å². The topological polar surface area (TPSA) is 0 Å². The van der Waals surface area contributed by atoms with Crippen molar-refractivity contribution in [3.05, 3.63) is 11.6 Å². The average Bonchev–Trinajstić information content (AvgIpc) is 1.93. The maximum Gasteiger partial charge on any atom is 0.673 e. The van der Waals surface area contributed by atoms with Gasteiger partial charge in [-0.15, -0.1) is 0 Å². The molecule has 0 aliphatic rings. The maximum atomic E-state index is 9.75. The fraction of sp³-hybridized carbons (Fsp3) is 0.846. The second-order valence-corrected chi connectivity index (χ2v) is 11.3. The van der Waals surface area contributed by atoms with E-state index in [1.165, 1.54) is 11.7 Å². The summed E-state index contributed by atoms with van der Waals surface area (Å²) in [6, 6.07) is 0. The molecule has 0 fully saturated rings. The van der Waals surface area contributed by atoms with Crippen molar-refractivity contribution >= 4 is 15.2 Å². The summed E-state index contributed by atoms with van der Waals surface area (Å²) in [5.41, 5.74) is 1.46. The Morgan fingerprint density at radius 1 is 0.895 bits per heavy atom. The maximum absolute atomic E-state index is 9.75. The summed E-state index contributed by atoms with van der Waals surface area (Å²) < 4.78 is 39.0. The first-order chi connectivity index (χ1) is 8.05. The van der Waals surface area contributed by atoms with Gasteiger partial charge in [0.2, 0.25) is 0 Å². The summed E-state index contributed by atoms with van der Waals surface area (Å²) in [7, 11) is -6.35. The lowest BCUT2D eigenvalue weighted by Gasteiger charge is -2.33. The second kappa shape index (κ2) is 7.66. The van der Waals surface area contributed by atoms with Crippen LogP contribution in [0.1, 0.15) is 55.4 Å². The highest BCUT2D eigenvalue weighted by Crippen LogP contribution is 2.59. The second-order valence-electron chi connectivity index (χ2n) is 6.96. The van der Waals surface area contributed by atoms with Crippen molar-refractivity contribution in [1.29, 1.82) is 0 Å². The van der Waals surface area contributed by atoms with Gasteiger partial charge in [0.1, 0.15) is 0 Å². The van der Waals surface area contributed by atoms with Gasteiger partial charge in [-0.3, -0.25) is 0 Å². The smallest absolute Gasteiger partial charge is 0.418 e. The van der Waals surface area contributed by atoms with Crippen molar-refractivity contribution in [2.75, 3.05) is 6.16 Å². The molecule has 19 heavy (non-hydrogen) atoms. The SMILES string of the molecule is CC(C)=CC[PH+](C(C)(C)C)C(C)(C)C.F[B-](F)(F)F. The minimum absolute atomic E-state index is 0.347. The minimum atomic E-state index is -6.00. The van der Waals surface area contributed by atoms with Crippen LogP contribution in [0.4, 0.5) is 17.3 Å². The van der Waals surface area contributed by atoms with Crippen LogP contribution in [0.25, 0.3) is 0 Å². The highest BCUT2D eigenvalue weighted by molar-refractivity contribution is 7.61. The zero-order valence-corrected chi connectivity index (χ0v) is 14.4. The molecular formula is C13H28BF4P. The van der Waals surface area contributed by atoms with Gasteiger partial charge in [0.05, 0.1) is 16.5 Å². The molecule has 0 radical (unpaired) electrons. The van der Waals surface area contributed by atoms with Crippen molar-refractivity contribution in [3.63, 3.8) is 0 Å². The number of allylic oxidation sites excluding steroid dienone is 2. The molecule has 0 N–H and O–H groups in total. The molecular weight excluding hydrogens is 274 g/mol. The first kappa shape index (κ1) is 21.3. The third-order valence-corrected chi connectivity index (χ3v) is 6.76. The average molecular weight is 302 g/mol. The lowest BCUT2D eigenvalue weighted by atomic mass is 10.2. The van der Waals surface area contributed by atoms with Crippen molar-refractivity contribution < 1.29 is 17.3 Å². The molecule has 0 aromatic rings. The summed E-state index contributed by atoms with van der Waals surface area (Å²) in [5, 5.41) is 0.990. The molecule has 0 aliphatic carbocycles. The molecule has 0 saturated heterocycles. The van der Waals surface area contributed by atoms with Crippen molar-refractivity contribution in [2.45, 2.75) is 65.7 Å². The molecule has 0 bridgehead atoms. The molecule has 0 atom stereocenters. The third kappa shape index (κ3) is 15.9. The summed E-state index contributed by atoms with van der Waals surface area (Å²) in [4.78, 5) is 0. The fourth-order valence-corrected chi connectivity index (χ4v) is 6.13. The zero-order chi connectivity index (χ0) is 16.1. The van der Waals surface area contributed by atoms with Crippen molar-refractivity contribution in [1.82, 2.24) is 0 Å². The van der Waals surface area contributed by atoms with E-state index in [0.717, 1.165) is 0 Å². The highest BCUT2D eigenvalue weighted by Gasteiger charge is 2.40. The van der Waals surface area contributed by atoms with Crippen LogP contribution < -0.4 is 0 Å². The van der Waals surface area contributed by atoms with E-state index in [9.17, 15) is 17.3 Å². The Labute approximate surface area is 116 Å². The monoisotopic (exact) mass is 302 g/mol. The van der Waals surface area contributed by atoms with Crippen LogP contribution in [0.3, 0.4) is 0 Å². The molecule has 0 aromatic carbocycles. The van der Waals surface area contributed by atoms with Crippen LogP contribution >= 0.6 is 7.92 Å². The highest BCUT2D eigenvalue weighted by atomic mass is 31.1. The zero-order valence-electron chi connectivity index (χ0n) is 13.4. The van der Waals surface area contributed by atoms with E-state index in [-0.39, 0.29) is 7.92 Å². The molecule has 0 spiro atoms. The number of hydrogen-bond acceptors (Lipinski definition) is 0. The van der Waals surface area contributed by atoms with E-state index >= 15 is 0 Å². The van der Waals surface area contributed by atoms with E-state index in [1.54, 1.807) is 0 Å². The molecule has 0 amide bonds. The van der Waals surface area contributed by atoms with Crippen LogP contribution in [0.15, 0.2) is 11.6 Å². The molecule has 116 valence electrons. The van der Waals surface area contributed by atoms with Gasteiger partial charge in [0.25, 0.3) is 0 Å². The van der Waals surface area contributed by atoms with Crippen LogP contribution in [0, 0.1) is 0 Å². The number of hydrogen-bond donors (Lipinski definition) is 0. The quantitative estimate of drug-likeness (QED) is 0.251. The van der Waals surface area contributed by atoms with Gasteiger partial charge in [-0.25, -0.2) is 0 Å². The van der Waals surface area contributed by atoms with Crippen LogP contribution in [0.2, 0.25) is 0 Å². The van der Waals surface area contributed by atoms with Gasteiger partial charge in [0, 0.05) is 7.92 Å². The first-order valence-electron chi connectivity index (χ1n) is 6.42. The van der Waals surface area contributed by atoms with E-state index in [1.807, 2.05) is 0 Å². The largest absolute Gasteiger partial charge is 0.673 e. The normalized spacial score (nSPS) is 12.9. The van der Waals surface area contributed by atoms with Crippen LogP contribution in [-0.2, 0) is 0 Å². The van der Waals surface area contributed by atoms with E-state index in [2.05, 4.69) is 61.5 Å². The lowest BCUT2D eigenvalue weighted by molar-refractivity contribution is 0.368. The Kier molecular flexibility index (Phi) is 8.57. The molecule has 6 heteroatoms. The molecule has 0 saturated carbocycles. The fourth-order valence-electron chi connectivity index (χ4n) is 2.04. The third-order valence-electron chi connectivity index (χ3n) is 2.53. The molecule has 0 rings (SSSR count). The van der Waals surface area contributed by atoms with Crippen LogP contribution in [-0.4, -0.2) is 23.7 Å². The van der Waals surface area contributed by atoms with Crippen LogP contribution in [0.5, 0.6) is 0 Å². The Bertz CT molecular complexity index is 260. The molecule has 0 aliphatic heterocycles. The van der Waals surface area contributed by atoms with Gasteiger partial charge >= 0.3 is 7.25 Å². The van der Waals surface area contributed by atoms with Gasteiger partial charge in [0.15, 0.2) is 0 Å². The number of halogens is 4. The Hall–Kier alpha value is -0.0451. The standard InChI is InChI=1S/C13H27P.BF4/c1-11(2)9-10-14(12(3,4)5)13(6,7)8;2-1(3,4)5/h9H,10H2,1-8H3;/q;-1/p+1. The molecule has 0 heterocycles. The van der Waals surface area contributed by atoms with Crippen molar-refractivity contribution in [3.8, 4) is 0 Å². The molecule has 0 nitrogen and oxygen atoms in total. The van der Waals surface area contributed by atoms with Gasteiger partial charge in [-0.2, -0.15) is 0 Å². The first-order valence-corrected chi connectivity index (χ1v) is 8.13. The summed E-state index contributed by atoms with van der Waals surface area (Å²) in [6.07, 6.45) is 3.73. The van der Waals surface area contributed by atoms with Crippen molar-refractivity contribution in [2.24, 2.45) is 0 Å². The summed E-state index contributed by atoms with van der Waals surface area (Å²) in [6.45, 7) is 18.8. The molecule has 0 aromatic heterocycles. The minimum Gasteiger partial charge on any atom is -0.418 e. The predicted molar refractivity (Wildman–Crippen MR) is 82.3 cm³/mol. The Balaban J connectivity index is 0. The van der Waals surface area contributed by atoms with Gasteiger partial charge < -0.3 is 17.3 Å². The number of rotatable bonds is 2. The van der Waals surface area contributed by atoms with E-state index in [4.69, 9.17) is 0 Å². The summed E-state index contributed by atoms with van der Waals surface area (Å²) in [5.74, 6) is 0. The van der Waals surface area contributed by atoms with E-state index < -0.39 is 7.25 Å². The van der Waals surface area contributed by atoms with Gasteiger partial charge in [-0.1, -0.05) is 5.57 Å². The molecule has 0 unspecified atom stereocenters. The lowest BCUT2D eigenvalue weighted by Crippen LogP contribution is -2.26.